The van der Waals surface area contributed by atoms with Crippen molar-refractivity contribution in [3.05, 3.63) is 5.69 Å². The number of thioether (sulfide) groups is 1. The van der Waals surface area contributed by atoms with Gasteiger partial charge >= 0.3 is 0 Å². The summed E-state index contributed by atoms with van der Waals surface area (Å²) in [7, 11) is 0. The van der Waals surface area contributed by atoms with E-state index in [4.69, 9.17) is 5.73 Å². The number of hydrogen-bond donors (Lipinski definition) is 1. The molecule has 5 heteroatoms. The van der Waals surface area contributed by atoms with E-state index in [9.17, 15) is 0 Å². The quantitative estimate of drug-likeness (QED) is 0.857. The molecule has 94 valence electrons. The van der Waals surface area contributed by atoms with Gasteiger partial charge in [0, 0.05) is 11.5 Å². The molecule has 2 N–H and O–H groups in total. The van der Waals surface area contributed by atoms with Gasteiger partial charge in [-0.3, -0.25) is 0 Å². The Hall–Kier alpha value is -0.130. The van der Waals surface area contributed by atoms with Gasteiger partial charge in [-0.2, -0.15) is 8.75 Å². The largest absolute Gasteiger partial charge is 0.325 e. The molecule has 2 bridgehead atoms. The number of hydrogen-bond acceptors (Lipinski definition) is 5. The first-order valence-electron chi connectivity index (χ1n) is 6.46. The second-order valence-corrected chi connectivity index (χ2v) is 7.20. The van der Waals surface area contributed by atoms with Crippen molar-refractivity contribution in [3.8, 4) is 0 Å². The normalized spacial score (nSPS) is 36.4. The molecule has 0 amide bonds. The predicted octanol–water partition coefficient (Wildman–Crippen LogP) is 3.03. The van der Waals surface area contributed by atoms with Gasteiger partial charge in [-0.25, -0.2) is 0 Å². The third-order valence-electron chi connectivity index (χ3n) is 4.23. The monoisotopic (exact) mass is 269 g/mol. The summed E-state index contributed by atoms with van der Waals surface area (Å²) in [4.78, 5) is 0. The fraction of sp³-hybridized carbons (Fsp3) is 0.833. The summed E-state index contributed by atoms with van der Waals surface area (Å²) in [6.07, 6.45) is 6.16. The van der Waals surface area contributed by atoms with Gasteiger partial charge in [-0.1, -0.05) is 13.3 Å². The van der Waals surface area contributed by atoms with Crippen molar-refractivity contribution in [1.29, 1.82) is 0 Å². The van der Waals surface area contributed by atoms with E-state index >= 15 is 0 Å². The van der Waals surface area contributed by atoms with Crippen LogP contribution < -0.4 is 5.73 Å². The van der Waals surface area contributed by atoms with Gasteiger partial charge in [0.05, 0.1) is 17.4 Å². The Kier molecular flexibility index (Phi) is 3.17. The highest BCUT2D eigenvalue weighted by atomic mass is 32.2. The first-order valence-corrected chi connectivity index (χ1v) is 8.17. The summed E-state index contributed by atoms with van der Waals surface area (Å²) in [5.74, 6) is 2.41. The molecule has 2 aliphatic carbocycles. The second-order valence-electron chi connectivity index (χ2n) is 5.42. The highest BCUT2D eigenvalue weighted by Gasteiger charge is 2.47. The number of fused-ring (bicyclic) bond motifs is 2. The zero-order valence-electron chi connectivity index (χ0n) is 10.2. The lowest BCUT2D eigenvalue weighted by molar-refractivity contribution is 0.306. The number of aromatic nitrogens is 2. The van der Waals surface area contributed by atoms with E-state index in [2.05, 4.69) is 15.7 Å². The third-order valence-corrected chi connectivity index (χ3v) is 5.75. The highest BCUT2D eigenvalue weighted by molar-refractivity contribution is 7.99. The van der Waals surface area contributed by atoms with E-state index in [0.29, 0.717) is 5.92 Å². The minimum absolute atomic E-state index is 0.103. The lowest BCUT2D eigenvalue weighted by Gasteiger charge is -2.28. The minimum Gasteiger partial charge on any atom is -0.325 e. The Morgan fingerprint density at radius 2 is 2.35 bits per heavy atom. The van der Waals surface area contributed by atoms with Gasteiger partial charge in [0.2, 0.25) is 0 Å². The maximum Gasteiger partial charge on any atom is 0.133 e. The van der Waals surface area contributed by atoms with Gasteiger partial charge in [0.1, 0.15) is 5.03 Å². The zero-order chi connectivity index (χ0) is 11.9. The number of nitrogens with zero attached hydrogens (tertiary/aromatic N) is 2. The van der Waals surface area contributed by atoms with Crippen LogP contribution in [0.15, 0.2) is 5.03 Å². The first-order chi connectivity index (χ1) is 8.22. The summed E-state index contributed by atoms with van der Waals surface area (Å²) < 4.78 is 9.00. The summed E-state index contributed by atoms with van der Waals surface area (Å²) in [6.45, 7) is 2.17. The molecular formula is C12H19N3S2. The maximum atomic E-state index is 6.47. The van der Waals surface area contributed by atoms with Crippen molar-refractivity contribution in [2.45, 2.75) is 55.5 Å². The van der Waals surface area contributed by atoms with Crippen LogP contribution in [0.1, 0.15) is 50.6 Å². The van der Waals surface area contributed by atoms with Crippen LogP contribution in [0.25, 0.3) is 0 Å². The fourth-order valence-corrected chi connectivity index (χ4v) is 5.05. The van der Waals surface area contributed by atoms with Crippen molar-refractivity contribution in [2.24, 2.45) is 11.7 Å². The van der Waals surface area contributed by atoms with Gasteiger partial charge in [-0.15, -0.1) is 11.8 Å². The van der Waals surface area contributed by atoms with Crippen LogP contribution in [0.4, 0.5) is 0 Å². The number of rotatable bonds is 3. The summed E-state index contributed by atoms with van der Waals surface area (Å²) in [5.41, 5.74) is 7.82. The van der Waals surface area contributed by atoms with E-state index in [0.717, 1.165) is 18.1 Å². The van der Waals surface area contributed by atoms with Crippen molar-refractivity contribution in [1.82, 2.24) is 8.75 Å². The Morgan fingerprint density at radius 1 is 1.47 bits per heavy atom. The summed E-state index contributed by atoms with van der Waals surface area (Å²) in [5, 5.41) is 1.17. The molecule has 1 heterocycles. The minimum atomic E-state index is 0.103. The molecule has 3 rings (SSSR count). The maximum absolute atomic E-state index is 6.47. The van der Waals surface area contributed by atoms with E-state index in [1.807, 2.05) is 11.8 Å². The second kappa shape index (κ2) is 4.52. The average molecular weight is 269 g/mol. The molecule has 2 fully saturated rings. The Morgan fingerprint density at radius 3 is 3.12 bits per heavy atom. The summed E-state index contributed by atoms with van der Waals surface area (Å²) in [6, 6.07) is 0. The first kappa shape index (κ1) is 11.9. The SMILES string of the molecule is CCSc1nsnc1C1CC2(N)CCCC1C2. The molecule has 2 saturated carbocycles. The average Bonchev–Trinajstić information content (AvgIpc) is 2.82. The molecule has 3 nitrogen and oxygen atoms in total. The molecule has 0 aromatic carbocycles. The molecule has 1 aromatic heterocycles. The van der Waals surface area contributed by atoms with E-state index in [1.165, 1.54) is 48.1 Å². The van der Waals surface area contributed by atoms with E-state index in [1.54, 1.807) is 0 Å². The molecule has 3 atom stereocenters. The van der Waals surface area contributed by atoms with Crippen LogP contribution in [0.5, 0.6) is 0 Å². The lowest BCUT2D eigenvalue weighted by atomic mass is 9.83. The van der Waals surface area contributed by atoms with E-state index < -0.39 is 0 Å². The molecule has 0 aliphatic heterocycles. The Balaban J connectivity index is 1.87. The Labute approximate surface area is 111 Å². The molecule has 2 aliphatic rings. The number of nitrogens with two attached hydrogens (primary N) is 1. The highest BCUT2D eigenvalue weighted by Crippen LogP contribution is 2.52. The van der Waals surface area contributed by atoms with Crippen LogP contribution in [0.3, 0.4) is 0 Å². The zero-order valence-corrected chi connectivity index (χ0v) is 11.8. The molecule has 3 unspecified atom stereocenters. The molecular weight excluding hydrogens is 250 g/mol. The molecule has 0 spiro atoms. The van der Waals surface area contributed by atoms with Crippen molar-refractivity contribution >= 4 is 23.5 Å². The summed E-state index contributed by atoms with van der Waals surface area (Å²) >= 11 is 3.19. The van der Waals surface area contributed by atoms with E-state index in [-0.39, 0.29) is 5.54 Å². The van der Waals surface area contributed by atoms with Gasteiger partial charge in [0.15, 0.2) is 0 Å². The third kappa shape index (κ3) is 2.13. The molecule has 17 heavy (non-hydrogen) atoms. The van der Waals surface area contributed by atoms with Crippen LogP contribution in [-0.2, 0) is 0 Å². The van der Waals surface area contributed by atoms with Crippen LogP contribution >= 0.6 is 23.5 Å². The molecule has 0 radical (unpaired) electrons. The van der Waals surface area contributed by atoms with Crippen molar-refractivity contribution < 1.29 is 0 Å². The standard InChI is InChI=1S/C12H19N3S2/c1-2-16-11-10(14-17-15-11)9-7-12(13)5-3-4-8(9)6-12/h8-9H,2-7,13H2,1H3. The molecule has 0 saturated heterocycles. The van der Waals surface area contributed by atoms with Crippen molar-refractivity contribution in [2.75, 3.05) is 5.75 Å². The van der Waals surface area contributed by atoms with Crippen LogP contribution in [0, 0.1) is 5.92 Å². The lowest BCUT2D eigenvalue weighted by Crippen LogP contribution is -2.38. The van der Waals surface area contributed by atoms with Crippen LogP contribution in [0.2, 0.25) is 0 Å². The molecule has 1 aromatic rings. The van der Waals surface area contributed by atoms with Crippen LogP contribution in [-0.4, -0.2) is 20.0 Å². The fourth-order valence-electron chi connectivity index (χ4n) is 3.55. The van der Waals surface area contributed by atoms with Gasteiger partial charge in [-0.05, 0) is 37.4 Å². The smallest absolute Gasteiger partial charge is 0.133 e. The van der Waals surface area contributed by atoms with Crippen molar-refractivity contribution in [3.63, 3.8) is 0 Å². The van der Waals surface area contributed by atoms with Gasteiger partial charge in [0.25, 0.3) is 0 Å². The Bertz CT molecular complexity index is 406. The topological polar surface area (TPSA) is 51.8 Å². The van der Waals surface area contributed by atoms with Gasteiger partial charge < -0.3 is 5.73 Å². The predicted molar refractivity (Wildman–Crippen MR) is 72.5 cm³/mol.